The van der Waals surface area contributed by atoms with Crippen molar-refractivity contribution in [2.45, 2.75) is 65.1 Å². The number of methoxy groups -OCH3 is 1. The number of nitrogens with one attached hydrogen (secondary N) is 4. The van der Waals surface area contributed by atoms with Gasteiger partial charge in [0.1, 0.15) is 11.7 Å². The third kappa shape index (κ3) is 8.37. The fraction of sp³-hybridized carbons (Fsp3) is 0.481. The van der Waals surface area contributed by atoms with Crippen molar-refractivity contribution in [3.8, 4) is 0 Å². The van der Waals surface area contributed by atoms with Gasteiger partial charge in [-0.15, -0.1) is 5.10 Å². The summed E-state index contributed by atoms with van der Waals surface area (Å²) >= 11 is 0. The second-order valence-electron chi connectivity index (χ2n) is 9.73. The molecule has 3 amide bonds. The molecule has 40 heavy (non-hydrogen) atoms. The monoisotopic (exact) mass is 555 g/mol. The van der Waals surface area contributed by atoms with Crippen LogP contribution in [-0.4, -0.2) is 62.0 Å². The van der Waals surface area contributed by atoms with E-state index in [-0.39, 0.29) is 37.1 Å². The Balaban J connectivity index is 1.47. The molecule has 0 saturated heterocycles. The molecule has 0 bridgehead atoms. The van der Waals surface area contributed by atoms with E-state index in [1.165, 1.54) is 7.11 Å². The summed E-state index contributed by atoms with van der Waals surface area (Å²) < 4.78 is 6.48. The summed E-state index contributed by atoms with van der Waals surface area (Å²) in [5.74, 6) is -2.38. The smallest absolute Gasteiger partial charge is 0.328 e. The number of benzene rings is 1. The summed E-state index contributed by atoms with van der Waals surface area (Å²) in [6.07, 6.45) is 4.99. The third-order valence-electron chi connectivity index (χ3n) is 6.94. The van der Waals surface area contributed by atoms with Crippen molar-refractivity contribution < 1.29 is 29.1 Å². The first kappa shape index (κ1) is 30.3. The first-order chi connectivity index (χ1) is 19.2. The number of hydroxylamine groups is 1. The van der Waals surface area contributed by atoms with E-state index in [1.54, 1.807) is 16.4 Å². The van der Waals surface area contributed by atoms with E-state index in [1.807, 2.05) is 44.3 Å². The summed E-state index contributed by atoms with van der Waals surface area (Å²) in [5.41, 5.74) is 3.95. The molecule has 13 heteroatoms. The molecule has 0 aliphatic heterocycles. The predicted molar refractivity (Wildman–Crippen MR) is 145 cm³/mol. The molecular formula is C27H37N7O6. The minimum absolute atomic E-state index is 0.0553. The van der Waals surface area contributed by atoms with Crippen molar-refractivity contribution in [1.29, 1.82) is 0 Å². The van der Waals surface area contributed by atoms with Crippen LogP contribution in [0.1, 0.15) is 50.8 Å². The Hall–Kier alpha value is -4.26. The SMILES string of the molecule is CCC(C)C(CC(=O)NO)C(=O)NCc1cn(CCCC(=O)N[C@@H](Cc2c[nH]c3ccccc23)C(=O)OC)nn1. The van der Waals surface area contributed by atoms with Crippen LogP contribution in [0, 0.1) is 11.8 Å². The van der Waals surface area contributed by atoms with Gasteiger partial charge in [0.25, 0.3) is 0 Å². The topological polar surface area (TPSA) is 180 Å². The molecule has 0 radical (unpaired) electrons. The van der Waals surface area contributed by atoms with Crippen molar-refractivity contribution in [2.24, 2.45) is 11.8 Å². The maximum Gasteiger partial charge on any atom is 0.328 e. The van der Waals surface area contributed by atoms with Crippen LogP contribution in [0.5, 0.6) is 0 Å². The summed E-state index contributed by atoms with van der Waals surface area (Å²) in [5, 5.41) is 23.4. The lowest BCUT2D eigenvalue weighted by atomic mass is 9.88. The predicted octanol–water partition coefficient (Wildman–Crippen LogP) is 1.61. The third-order valence-corrected chi connectivity index (χ3v) is 6.94. The molecule has 13 nitrogen and oxygen atoms in total. The summed E-state index contributed by atoms with van der Waals surface area (Å²) in [7, 11) is 1.29. The lowest BCUT2D eigenvalue weighted by molar-refractivity contribution is -0.145. The van der Waals surface area contributed by atoms with E-state index in [2.05, 4.69) is 25.9 Å². The van der Waals surface area contributed by atoms with Gasteiger partial charge in [0.2, 0.25) is 17.7 Å². The number of nitrogens with zero attached hydrogens (tertiary/aromatic N) is 3. The number of amides is 3. The van der Waals surface area contributed by atoms with E-state index >= 15 is 0 Å². The first-order valence-corrected chi connectivity index (χ1v) is 13.3. The number of aryl methyl sites for hydroxylation is 1. The van der Waals surface area contributed by atoms with Gasteiger partial charge in [-0.2, -0.15) is 0 Å². The number of esters is 1. The number of aromatic amines is 1. The van der Waals surface area contributed by atoms with E-state index in [4.69, 9.17) is 9.94 Å². The minimum Gasteiger partial charge on any atom is -0.467 e. The maximum absolute atomic E-state index is 12.6. The van der Waals surface area contributed by atoms with Crippen LogP contribution in [0.3, 0.4) is 0 Å². The van der Waals surface area contributed by atoms with Crippen LogP contribution < -0.4 is 16.1 Å². The Labute approximate surface area is 232 Å². The van der Waals surface area contributed by atoms with Gasteiger partial charge in [0, 0.05) is 48.8 Å². The highest BCUT2D eigenvalue weighted by Crippen LogP contribution is 2.20. The van der Waals surface area contributed by atoms with Crippen molar-refractivity contribution in [3.05, 3.63) is 47.9 Å². The fourth-order valence-corrected chi connectivity index (χ4v) is 4.44. The lowest BCUT2D eigenvalue weighted by Crippen LogP contribution is -2.43. The Kier molecular flexibility index (Phi) is 11.2. The quantitative estimate of drug-likeness (QED) is 0.107. The molecule has 1 aromatic carbocycles. The van der Waals surface area contributed by atoms with E-state index in [0.29, 0.717) is 31.5 Å². The second-order valence-corrected chi connectivity index (χ2v) is 9.73. The Morgan fingerprint density at radius 1 is 1.18 bits per heavy atom. The van der Waals surface area contributed by atoms with Crippen LogP contribution in [-0.2, 0) is 43.4 Å². The number of carbonyl (C=O) groups is 4. The molecule has 0 spiro atoms. The van der Waals surface area contributed by atoms with E-state index in [9.17, 15) is 19.2 Å². The molecule has 2 aromatic heterocycles. The van der Waals surface area contributed by atoms with Crippen molar-refractivity contribution in [1.82, 2.24) is 36.1 Å². The number of H-pyrrole nitrogens is 1. The standard InChI is InChI=1S/C27H37N7O6/c1-4-17(2)21(13-25(36)32-39)26(37)29-15-19-16-34(33-31-19)11-7-10-24(35)30-23(27(38)40-3)12-18-14-28-22-9-6-5-8-20(18)22/h5-6,8-9,14,16-17,21,23,28,39H,4,7,10-13,15H2,1-3H3,(H,29,37)(H,30,35)(H,32,36)/t17?,21?,23-/m0/s1. The summed E-state index contributed by atoms with van der Waals surface area (Å²) in [4.78, 5) is 52.4. The summed E-state index contributed by atoms with van der Waals surface area (Å²) in [6.45, 7) is 4.33. The number of hydrogen-bond acceptors (Lipinski definition) is 8. The van der Waals surface area contributed by atoms with Crippen LogP contribution in [0.4, 0.5) is 0 Å². The average molecular weight is 556 g/mol. The molecule has 0 aliphatic carbocycles. The maximum atomic E-state index is 12.6. The van der Waals surface area contributed by atoms with E-state index < -0.39 is 23.8 Å². The number of rotatable bonds is 15. The largest absolute Gasteiger partial charge is 0.467 e. The van der Waals surface area contributed by atoms with Gasteiger partial charge < -0.3 is 20.4 Å². The van der Waals surface area contributed by atoms with Gasteiger partial charge >= 0.3 is 5.97 Å². The van der Waals surface area contributed by atoms with Gasteiger partial charge in [-0.1, -0.05) is 43.7 Å². The number of carbonyl (C=O) groups excluding carboxylic acids is 4. The zero-order chi connectivity index (χ0) is 29.1. The first-order valence-electron chi connectivity index (χ1n) is 13.3. The van der Waals surface area contributed by atoms with Gasteiger partial charge in [-0.05, 0) is 24.0 Å². The van der Waals surface area contributed by atoms with Gasteiger partial charge in [-0.3, -0.25) is 24.3 Å². The molecular weight excluding hydrogens is 518 g/mol. The van der Waals surface area contributed by atoms with Gasteiger partial charge in [-0.25, -0.2) is 10.3 Å². The highest BCUT2D eigenvalue weighted by molar-refractivity contribution is 5.87. The number of hydrogen-bond donors (Lipinski definition) is 5. The fourth-order valence-electron chi connectivity index (χ4n) is 4.44. The van der Waals surface area contributed by atoms with Crippen LogP contribution in [0.15, 0.2) is 36.7 Å². The van der Waals surface area contributed by atoms with Crippen molar-refractivity contribution >= 4 is 34.6 Å². The van der Waals surface area contributed by atoms with Gasteiger partial charge in [0.15, 0.2) is 0 Å². The molecule has 3 rings (SSSR count). The van der Waals surface area contributed by atoms with Crippen molar-refractivity contribution in [3.63, 3.8) is 0 Å². The number of ether oxygens (including phenoxy) is 1. The molecule has 2 unspecified atom stereocenters. The molecule has 216 valence electrons. The molecule has 0 fully saturated rings. The normalized spacial score (nSPS) is 13.3. The van der Waals surface area contributed by atoms with Crippen LogP contribution in [0.25, 0.3) is 10.9 Å². The van der Waals surface area contributed by atoms with Crippen molar-refractivity contribution in [2.75, 3.05) is 7.11 Å². The Morgan fingerprint density at radius 2 is 1.95 bits per heavy atom. The van der Waals surface area contributed by atoms with Gasteiger partial charge in [0.05, 0.1) is 19.9 Å². The molecule has 0 aliphatic rings. The molecule has 0 saturated carbocycles. The highest BCUT2D eigenvalue weighted by atomic mass is 16.5. The molecule has 3 atom stereocenters. The van der Waals surface area contributed by atoms with Crippen LogP contribution >= 0.6 is 0 Å². The highest BCUT2D eigenvalue weighted by Gasteiger charge is 2.27. The molecule has 5 N–H and O–H groups in total. The summed E-state index contributed by atoms with van der Waals surface area (Å²) in [6, 6.07) is 6.91. The number of fused-ring (bicyclic) bond motifs is 1. The molecule has 2 heterocycles. The molecule has 3 aromatic rings. The zero-order valence-corrected chi connectivity index (χ0v) is 23.0. The number of para-hydroxylation sites is 1. The second kappa shape index (κ2) is 14.8. The minimum atomic E-state index is -0.819. The Bertz CT molecular complexity index is 1300. The lowest BCUT2D eigenvalue weighted by Gasteiger charge is -2.21. The Morgan fingerprint density at radius 3 is 2.67 bits per heavy atom. The van der Waals surface area contributed by atoms with E-state index in [0.717, 1.165) is 16.5 Å². The van der Waals surface area contributed by atoms with Crippen LogP contribution in [0.2, 0.25) is 0 Å². The average Bonchev–Trinajstić information content (AvgIpc) is 3.60. The number of aromatic nitrogens is 4. The zero-order valence-electron chi connectivity index (χ0n) is 23.0.